The standard InChI is InChI=1S/C19H36N2/c1-3-4-5-6-7-8-9-10-11-12-13-14-15-16-19-20-17-18-21(19)2/h17-18H,3-16H2,1-2H3/p+1. The van der Waals surface area contributed by atoms with Crippen molar-refractivity contribution in [2.75, 3.05) is 0 Å². The number of hydrogen-bond acceptors (Lipinski definition) is 0. The molecule has 1 aromatic heterocycles. The van der Waals surface area contributed by atoms with Gasteiger partial charge in [-0.2, -0.15) is 0 Å². The van der Waals surface area contributed by atoms with Crippen LogP contribution in [-0.4, -0.2) is 4.98 Å². The van der Waals surface area contributed by atoms with Crippen molar-refractivity contribution in [3.8, 4) is 0 Å². The Bertz CT molecular complexity index is 330. The first-order chi connectivity index (χ1) is 10.3. The molecule has 0 aliphatic rings. The highest BCUT2D eigenvalue weighted by Gasteiger charge is 2.04. The zero-order chi connectivity index (χ0) is 15.2. The molecule has 1 heterocycles. The number of nitrogens with zero attached hydrogens (tertiary/aromatic N) is 1. The molecule has 21 heavy (non-hydrogen) atoms. The van der Waals surface area contributed by atoms with E-state index in [1.165, 1.54) is 95.7 Å². The molecule has 1 rings (SSSR count). The Balaban J connectivity index is 1.76. The molecule has 122 valence electrons. The van der Waals surface area contributed by atoms with Crippen molar-refractivity contribution >= 4 is 0 Å². The van der Waals surface area contributed by atoms with Gasteiger partial charge in [-0.1, -0.05) is 84.0 Å². The van der Waals surface area contributed by atoms with Crippen LogP contribution in [0.15, 0.2) is 12.4 Å². The number of unbranched alkanes of at least 4 members (excludes halogenated alkanes) is 12. The van der Waals surface area contributed by atoms with E-state index >= 15 is 0 Å². The maximum absolute atomic E-state index is 3.31. The molecular formula is C19H37N2+. The summed E-state index contributed by atoms with van der Waals surface area (Å²) in [6.45, 7) is 2.29. The van der Waals surface area contributed by atoms with E-state index < -0.39 is 0 Å². The van der Waals surface area contributed by atoms with Crippen molar-refractivity contribution in [3.63, 3.8) is 0 Å². The quantitative estimate of drug-likeness (QED) is 0.346. The van der Waals surface area contributed by atoms with Gasteiger partial charge in [0.25, 0.3) is 5.82 Å². The van der Waals surface area contributed by atoms with E-state index in [0.717, 1.165) is 0 Å². The average molecular weight is 294 g/mol. The third-order valence-corrected chi connectivity index (χ3v) is 4.49. The first kappa shape index (κ1) is 18.3. The van der Waals surface area contributed by atoms with E-state index in [9.17, 15) is 0 Å². The lowest BCUT2D eigenvalue weighted by atomic mass is 10.0. The molecule has 0 saturated heterocycles. The lowest BCUT2D eigenvalue weighted by Crippen LogP contribution is -2.30. The summed E-state index contributed by atoms with van der Waals surface area (Å²) in [4.78, 5) is 3.31. The van der Waals surface area contributed by atoms with E-state index in [-0.39, 0.29) is 0 Å². The Kier molecular flexibility index (Phi) is 11.2. The Labute approximate surface area is 132 Å². The van der Waals surface area contributed by atoms with Gasteiger partial charge in [0.15, 0.2) is 0 Å². The van der Waals surface area contributed by atoms with Crippen molar-refractivity contribution in [2.24, 2.45) is 7.05 Å². The molecule has 0 aliphatic heterocycles. The summed E-state index contributed by atoms with van der Waals surface area (Å²) in [7, 11) is 2.12. The van der Waals surface area contributed by atoms with Gasteiger partial charge in [0.2, 0.25) is 0 Å². The van der Waals surface area contributed by atoms with Crippen LogP contribution in [0, 0.1) is 0 Å². The second-order valence-electron chi connectivity index (χ2n) is 6.51. The Morgan fingerprint density at radius 1 is 0.762 bits per heavy atom. The van der Waals surface area contributed by atoms with E-state index in [1.807, 2.05) is 6.20 Å². The molecule has 0 fully saturated rings. The molecule has 0 bridgehead atoms. The SMILES string of the molecule is CCCCCCCCCCCCCCCc1[nH]cc[n+]1C. The van der Waals surface area contributed by atoms with Crippen LogP contribution < -0.4 is 4.57 Å². The van der Waals surface area contributed by atoms with Crippen LogP contribution in [0.25, 0.3) is 0 Å². The number of nitrogens with one attached hydrogen (secondary N) is 1. The van der Waals surface area contributed by atoms with Crippen LogP contribution in [0.1, 0.15) is 96.2 Å². The average Bonchev–Trinajstić information content (AvgIpc) is 2.89. The predicted octanol–water partition coefficient (Wildman–Crippen LogP) is 5.47. The highest BCUT2D eigenvalue weighted by molar-refractivity contribution is 4.76. The lowest BCUT2D eigenvalue weighted by Gasteiger charge is -2.02. The van der Waals surface area contributed by atoms with Gasteiger partial charge in [-0.15, -0.1) is 0 Å². The fourth-order valence-electron chi connectivity index (χ4n) is 3.00. The van der Waals surface area contributed by atoms with Crippen LogP contribution in [0.2, 0.25) is 0 Å². The van der Waals surface area contributed by atoms with Gasteiger partial charge in [0.1, 0.15) is 12.4 Å². The molecule has 0 atom stereocenters. The number of aromatic amines is 1. The fourth-order valence-corrected chi connectivity index (χ4v) is 3.00. The van der Waals surface area contributed by atoms with Crippen LogP contribution in [0.4, 0.5) is 0 Å². The largest absolute Gasteiger partial charge is 0.253 e. The molecule has 1 N–H and O–H groups in total. The smallest absolute Gasteiger partial charge is 0.248 e. The monoisotopic (exact) mass is 293 g/mol. The van der Waals surface area contributed by atoms with Gasteiger partial charge >= 0.3 is 0 Å². The molecule has 0 aliphatic carbocycles. The number of rotatable bonds is 14. The minimum Gasteiger partial charge on any atom is -0.248 e. The van der Waals surface area contributed by atoms with Crippen molar-refractivity contribution in [3.05, 3.63) is 18.2 Å². The second kappa shape index (κ2) is 12.9. The number of aryl methyl sites for hydroxylation is 2. The second-order valence-corrected chi connectivity index (χ2v) is 6.51. The number of hydrogen-bond donors (Lipinski definition) is 1. The molecule has 2 heteroatoms. The summed E-state index contributed by atoms with van der Waals surface area (Å²) in [5, 5.41) is 0. The lowest BCUT2D eigenvalue weighted by molar-refractivity contribution is -0.677. The normalized spacial score (nSPS) is 11.1. The maximum atomic E-state index is 3.31. The molecular weight excluding hydrogens is 256 g/mol. The number of aromatic nitrogens is 2. The summed E-state index contributed by atoms with van der Waals surface area (Å²) in [6, 6.07) is 0. The summed E-state index contributed by atoms with van der Waals surface area (Å²) >= 11 is 0. The van der Waals surface area contributed by atoms with Crippen molar-refractivity contribution < 1.29 is 4.57 Å². The Morgan fingerprint density at radius 3 is 1.67 bits per heavy atom. The zero-order valence-electron chi connectivity index (χ0n) is 14.5. The molecule has 0 amide bonds. The van der Waals surface area contributed by atoms with Gasteiger partial charge < -0.3 is 0 Å². The van der Waals surface area contributed by atoms with E-state index in [2.05, 4.69) is 29.7 Å². The molecule has 0 saturated carbocycles. The van der Waals surface area contributed by atoms with Gasteiger partial charge in [-0.25, -0.2) is 9.55 Å². The van der Waals surface area contributed by atoms with Crippen LogP contribution in [-0.2, 0) is 13.5 Å². The van der Waals surface area contributed by atoms with Crippen LogP contribution >= 0.6 is 0 Å². The summed E-state index contributed by atoms with van der Waals surface area (Å²) in [6.07, 6.45) is 23.9. The predicted molar refractivity (Wildman–Crippen MR) is 91.4 cm³/mol. The fraction of sp³-hybridized carbons (Fsp3) is 0.842. The summed E-state index contributed by atoms with van der Waals surface area (Å²) in [5.41, 5.74) is 0. The highest BCUT2D eigenvalue weighted by atomic mass is 15.0. The van der Waals surface area contributed by atoms with Crippen LogP contribution in [0.5, 0.6) is 0 Å². The Hall–Kier alpha value is -0.790. The topological polar surface area (TPSA) is 19.7 Å². The third-order valence-electron chi connectivity index (χ3n) is 4.49. The minimum absolute atomic E-state index is 1.20. The highest BCUT2D eigenvalue weighted by Crippen LogP contribution is 2.12. The molecule has 0 unspecified atom stereocenters. The molecule has 1 aromatic rings. The van der Waals surface area contributed by atoms with Gasteiger partial charge in [-0.3, -0.25) is 0 Å². The van der Waals surface area contributed by atoms with Gasteiger partial charge in [0.05, 0.1) is 7.05 Å². The molecule has 0 radical (unpaired) electrons. The van der Waals surface area contributed by atoms with Crippen LogP contribution in [0.3, 0.4) is 0 Å². The van der Waals surface area contributed by atoms with Crippen molar-refractivity contribution in [2.45, 2.75) is 96.8 Å². The first-order valence-corrected chi connectivity index (χ1v) is 9.36. The summed E-state index contributed by atoms with van der Waals surface area (Å²) < 4.78 is 2.19. The maximum Gasteiger partial charge on any atom is 0.253 e. The van der Waals surface area contributed by atoms with Crippen molar-refractivity contribution in [1.82, 2.24) is 4.98 Å². The number of imidazole rings is 1. The summed E-state index contributed by atoms with van der Waals surface area (Å²) in [5.74, 6) is 1.36. The number of H-pyrrole nitrogens is 1. The van der Waals surface area contributed by atoms with Crippen molar-refractivity contribution in [1.29, 1.82) is 0 Å². The van der Waals surface area contributed by atoms with E-state index in [1.54, 1.807) is 0 Å². The zero-order valence-corrected chi connectivity index (χ0v) is 14.5. The minimum atomic E-state index is 1.20. The van der Waals surface area contributed by atoms with E-state index in [4.69, 9.17) is 0 Å². The third kappa shape index (κ3) is 9.71. The van der Waals surface area contributed by atoms with Gasteiger partial charge in [-0.05, 0) is 6.42 Å². The molecule has 0 aromatic carbocycles. The van der Waals surface area contributed by atoms with Gasteiger partial charge in [0, 0.05) is 6.42 Å². The van der Waals surface area contributed by atoms with E-state index in [0.29, 0.717) is 0 Å². The molecule has 0 spiro atoms. The molecule has 2 nitrogen and oxygen atoms in total. The Morgan fingerprint density at radius 2 is 1.24 bits per heavy atom. The first-order valence-electron chi connectivity index (χ1n) is 9.36.